The van der Waals surface area contributed by atoms with Gasteiger partial charge in [0, 0.05) is 19.5 Å². The zero-order chi connectivity index (χ0) is 22.4. The Kier molecular flexibility index (Phi) is 8.24. The molecule has 164 valence electrons. The second-order valence-electron chi connectivity index (χ2n) is 6.82. The molecule has 30 heavy (non-hydrogen) atoms. The monoisotopic (exact) mass is 456 g/mol. The van der Waals surface area contributed by atoms with Gasteiger partial charge in [-0.25, -0.2) is 9.97 Å². The van der Waals surface area contributed by atoms with Gasteiger partial charge in [0.25, 0.3) is 5.91 Å². The first-order valence-electron chi connectivity index (χ1n) is 9.29. The molecular weight excluding hydrogens is 432 g/mol. The van der Waals surface area contributed by atoms with Crippen LogP contribution in [0.2, 0.25) is 5.15 Å². The standard InChI is InChI=1S/C17H25ClN8O3S/c1-8(2)30-9-7-10(27)26(16(9)29)6-4-3-5-22-17(21)25-15(28)11-13(19)24-14(20)12(18)23-11/h8-9H,3-7H2,1-2H3,(H4,19,20,24)(H3,21,22,25,28). The van der Waals surface area contributed by atoms with E-state index >= 15 is 0 Å². The highest BCUT2D eigenvalue weighted by atomic mass is 35.5. The first kappa shape index (κ1) is 23.7. The summed E-state index contributed by atoms with van der Waals surface area (Å²) in [5.74, 6) is -1.39. The van der Waals surface area contributed by atoms with E-state index in [0.717, 1.165) is 0 Å². The molecule has 0 aromatic carbocycles. The molecule has 1 aliphatic rings. The number of rotatable bonds is 8. The second-order valence-corrected chi connectivity index (χ2v) is 8.96. The Labute approximate surface area is 183 Å². The van der Waals surface area contributed by atoms with Crippen molar-refractivity contribution >= 4 is 58.7 Å². The van der Waals surface area contributed by atoms with E-state index < -0.39 is 5.91 Å². The van der Waals surface area contributed by atoms with Crippen molar-refractivity contribution in [1.82, 2.24) is 20.2 Å². The van der Waals surface area contributed by atoms with Crippen LogP contribution in [0.1, 0.15) is 43.6 Å². The molecule has 0 radical (unpaired) electrons. The van der Waals surface area contributed by atoms with E-state index in [1.54, 1.807) is 0 Å². The van der Waals surface area contributed by atoms with Crippen LogP contribution in [0.4, 0.5) is 11.6 Å². The molecule has 1 saturated heterocycles. The van der Waals surface area contributed by atoms with Gasteiger partial charge >= 0.3 is 0 Å². The highest BCUT2D eigenvalue weighted by Crippen LogP contribution is 2.28. The number of nitrogen functional groups attached to an aromatic ring is 2. The molecule has 0 saturated carbocycles. The van der Waals surface area contributed by atoms with Gasteiger partial charge in [-0.2, -0.15) is 0 Å². The summed E-state index contributed by atoms with van der Waals surface area (Å²) >= 11 is 7.25. The number of hydrogen-bond acceptors (Lipinski definition) is 9. The summed E-state index contributed by atoms with van der Waals surface area (Å²) in [5.41, 5.74) is 16.6. The molecule has 2 rings (SSSR count). The Balaban J connectivity index is 1.78. The molecule has 1 atom stereocenters. The van der Waals surface area contributed by atoms with Crippen LogP contribution in [0.5, 0.6) is 0 Å². The maximum atomic E-state index is 12.3. The summed E-state index contributed by atoms with van der Waals surface area (Å²) in [6.07, 6.45) is 1.40. The fraction of sp³-hybridized carbons (Fsp3) is 0.529. The number of nitrogens with two attached hydrogens (primary N) is 3. The highest BCUT2D eigenvalue weighted by Gasteiger charge is 2.38. The quantitative estimate of drug-likeness (QED) is 0.186. The third kappa shape index (κ3) is 6.20. The van der Waals surface area contributed by atoms with Crippen molar-refractivity contribution < 1.29 is 14.4 Å². The minimum absolute atomic E-state index is 0.0866. The predicted molar refractivity (Wildman–Crippen MR) is 117 cm³/mol. The van der Waals surface area contributed by atoms with Crippen molar-refractivity contribution in [3.8, 4) is 0 Å². The molecule has 1 fully saturated rings. The van der Waals surface area contributed by atoms with Gasteiger partial charge in [-0.05, 0) is 18.1 Å². The smallest absolute Gasteiger partial charge is 0.280 e. The average molecular weight is 457 g/mol. The number of nitrogens with one attached hydrogen (secondary N) is 1. The van der Waals surface area contributed by atoms with Crippen LogP contribution in [-0.2, 0) is 9.59 Å². The maximum Gasteiger partial charge on any atom is 0.280 e. The van der Waals surface area contributed by atoms with Crippen LogP contribution in [0.3, 0.4) is 0 Å². The first-order chi connectivity index (χ1) is 14.1. The fourth-order valence-electron chi connectivity index (χ4n) is 2.73. The van der Waals surface area contributed by atoms with E-state index in [1.807, 2.05) is 13.8 Å². The number of imide groups is 1. The number of hydrogen-bond donors (Lipinski definition) is 4. The topological polar surface area (TPSA) is 183 Å². The lowest BCUT2D eigenvalue weighted by molar-refractivity contribution is -0.138. The van der Waals surface area contributed by atoms with E-state index in [1.165, 1.54) is 16.7 Å². The number of unbranched alkanes of at least 4 members (excludes halogenated alkanes) is 1. The van der Waals surface area contributed by atoms with E-state index in [9.17, 15) is 14.4 Å². The largest absolute Gasteiger partial charge is 0.382 e. The van der Waals surface area contributed by atoms with Gasteiger partial charge in [0.15, 0.2) is 28.4 Å². The predicted octanol–water partition coefficient (Wildman–Crippen LogP) is 0.388. The fourth-order valence-corrected chi connectivity index (χ4v) is 3.99. The van der Waals surface area contributed by atoms with Crippen molar-refractivity contribution in [3.63, 3.8) is 0 Å². The van der Waals surface area contributed by atoms with Gasteiger partial charge in [-0.15, -0.1) is 11.8 Å². The van der Waals surface area contributed by atoms with Crippen molar-refractivity contribution in [2.75, 3.05) is 24.6 Å². The minimum atomic E-state index is -0.717. The number of nitrogens with zero attached hydrogens (tertiary/aromatic N) is 4. The molecule has 13 heteroatoms. The summed E-state index contributed by atoms with van der Waals surface area (Å²) in [6.45, 7) is 4.63. The van der Waals surface area contributed by atoms with Gasteiger partial charge in [-0.1, -0.05) is 25.4 Å². The van der Waals surface area contributed by atoms with Gasteiger partial charge in [0.2, 0.25) is 11.8 Å². The Hall–Kier alpha value is -2.60. The summed E-state index contributed by atoms with van der Waals surface area (Å²) in [7, 11) is 0. The van der Waals surface area contributed by atoms with Gasteiger partial charge in [0.05, 0.1) is 5.25 Å². The summed E-state index contributed by atoms with van der Waals surface area (Å²) < 4.78 is 0. The van der Waals surface area contributed by atoms with Crippen molar-refractivity contribution in [2.24, 2.45) is 10.7 Å². The molecule has 11 nitrogen and oxygen atoms in total. The van der Waals surface area contributed by atoms with E-state index in [-0.39, 0.29) is 57.2 Å². The number of guanidine groups is 1. The summed E-state index contributed by atoms with van der Waals surface area (Å²) in [4.78, 5) is 49.3. The molecule has 1 aliphatic heterocycles. The number of halogens is 1. The van der Waals surface area contributed by atoms with Crippen LogP contribution in [0, 0.1) is 0 Å². The average Bonchev–Trinajstić information content (AvgIpc) is 2.90. The van der Waals surface area contributed by atoms with Gasteiger partial charge < -0.3 is 17.2 Å². The molecule has 0 bridgehead atoms. The highest BCUT2D eigenvalue weighted by molar-refractivity contribution is 8.01. The van der Waals surface area contributed by atoms with Gasteiger partial charge in [-0.3, -0.25) is 29.6 Å². The lowest BCUT2D eigenvalue weighted by Gasteiger charge is -2.15. The number of anilines is 2. The zero-order valence-corrected chi connectivity index (χ0v) is 18.3. The Morgan fingerprint density at radius 3 is 2.67 bits per heavy atom. The Bertz CT molecular complexity index is 864. The number of aromatic nitrogens is 2. The normalized spacial score (nSPS) is 17.1. The lowest BCUT2D eigenvalue weighted by Crippen LogP contribution is -2.38. The number of likely N-dealkylation sites (tertiary alicyclic amines) is 1. The van der Waals surface area contributed by atoms with Crippen LogP contribution in [0.15, 0.2) is 4.99 Å². The molecule has 1 unspecified atom stereocenters. The molecule has 7 N–H and O–H groups in total. The van der Waals surface area contributed by atoms with Crippen LogP contribution < -0.4 is 22.5 Å². The number of carbonyl (C=O) groups excluding carboxylic acids is 3. The number of aliphatic imine (C=N–C) groups is 1. The Morgan fingerprint density at radius 2 is 2.00 bits per heavy atom. The van der Waals surface area contributed by atoms with Crippen molar-refractivity contribution in [2.45, 2.75) is 43.6 Å². The molecular formula is C17H25ClN8O3S. The van der Waals surface area contributed by atoms with Crippen molar-refractivity contribution in [3.05, 3.63) is 10.8 Å². The lowest BCUT2D eigenvalue weighted by atomic mass is 10.3. The maximum absolute atomic E-state index is 12.3. The van der Waals surface area contributed by atoms with Crippen LogP contribution in [0.25, 0.3) is 0 Å². The first-order valence-corrected chi connectivity index (χ1v) is 10.6. The second kappa shape index (κ2) is 10.4. The zero-order valence-electron chi connectivity index (χ0n) is 16.7. The van der Waals surface area contributed by atoms with Crippen LogP contribution >= 0.6 is 23.4 Å². The third-order valence-electron chi connectivity index (χ3n) is 4.07. The van der Waals surface area contributed by atoms with Crippen LogP contribution in [-0.4, -0.2) is 62.1 Å². The van der Waals surface area contributed by atoms with E-state index in [0.29, 0.717) is 25.9 Å². The SMILES string of the molecule is CC(C)SC1CC(=O)N(CCCCN=C(N)NC(=O)c2nc(Cl)c(N)nc2N)C1=O. The number of amides is 3. The van der Waals surface area contributed by atoms with Gasteiger partial charge in [0.1, 0.15) is 0 Å². The molecule has 0 aliphatic carbocycles. The summed E-state index contributed by atoms with van der Waals surface area (Å²) in [5, 5.41) is 2.18. The molecule has 0 spiro atoms. The van der Waals surface area contributed by atoms with Crippen molar-refractivity contribution in [1.29, 1.82) is 0 Å². The molecule has 1 aromatic rings. The molecule has 3 amide bonds. The number of carbonyl (C=O) groups is 3. The summed E-state index contributed by atoms with van der Waals surface area (Å²) in [6, 6.07) is 0. The van der Waals surface area contributed by atoms with E-state index in [4.69, 9.17) is 28.8 Å². The third-order valence-corrected chi connectivity index (χ3v) is 5.59. The molecule has 2 heterocycles. The van der Waals surface area contributed by atoms with E-state index in [2.05, 4.69) is 20.3 Å². The minimum Gasteiger partial charge on any atom is -0.382 e. The molecule has 1 aromatic heterocycles. The number of thioether (sulfide) groups is 1. The Morgan fingerprint density at radius 1 is 1.30 bits per heavy atom.